The molecule has 3 N–H and O–H groups in total. The van der Waals surface area contributed by atoms with Crippen LogP contribution in [0.5, 0.6) is 0 Å². The van der Waals surface area contributed by atoms with Crippen molar-refractivity contribution in [1.82, 2.24) is 4.72 Å². The molecule has 1 aromatic rings. The second-order valence-corrected chi connectivity index (χ2v) is 6.47. The van der Waals surface area contributed by atoms with E-state index in [1.807, 2.05) is 0 Å². The molecule has 104 valence electrons. The molecule has 0 radical (unpaired) electrons. The van der Waals surface area contributed by atoms with Crippen molar-refractivity contribution >= 4 is 15.7 Å². The zero-order chi connectivity index (χ0) is 14.0. The van der Waals surface area contributed by atoms with Gasteiger partial charge in [0.1, 0.15) is 0 Å². The van der Waals surface area contributed by atoms with Crippen LogP contribution in [0.25, 0.3) is 0 Å². The third kappa shape index (κ3) is 3.28. The Morgan fingerprint density at radius 1 is 1.32 bits per heavy atom. The van der Waals surface area contributed by atoms with E-state index in [2.05, 4.69) is 4.72 Å². The first-order valence-electron chi connectivity index (χ1n) is 5.88. The normalized spacial score (nSPS) is 22.8. The Labute approximate surface area is 111 Å². The summed E-state index contributed by atoms with van der Waals surface area (Å²) < 4.78 is 26.3. The van der Waals surface area contributed by atoms with Gasteiger partial charge >= 0.3 is 0 Å². The van der Waals surface area contributed by atoms with E-state index in [9.17, 15) is 18.5 Å². The number of rotatable bonds is 5. The van der Waals surface area contributed by atoms with Crippen LogP contribution in [0.15, 0.2) is 29.2 Å². The lowest BCUT2D eigenvalue weighted by Gasteiger charge is -2.32. The summed E-state index contributed by atoms with van der Waals surface area (Å²) in [6, 6.07) is 4.98. The fourth-order valence-corrected chi connectivity index (χ4v) is 3.13. The zero-order valence-electron chi connectivity index (χ0n) is 10.2. The molecule has 1 aliphatic rings. The Kier molecular flexibility index (Phi) is 3.83. The number of nitro benzene ring substituents is 1. The highest BCUT2D eigenvalue weighted by Crippen LogP contribution is 2.25. The van der Waals surface area contributed by atoms with E-state index < -0.39 is 14.9 Å². The standard InChI is InChI=1S/C11H15N3O4S/c12-9-5-8(6-9)7-13-19(17,18)11-3-1-10(2-4-11)14(15)16/h1-4,8-9,13H,5-7,12H2. The maximum absolute atomic E-state index is 11.9. The van der Waals surface area contributed by atoms with Gasteiger partial charge in [-0.1, -0.05) is 0 Å². The Hall–Kier alpha value is -1.51. The fourth-order valence-electron chi connectivity index (χ4n) is 2.01. The number of nitrogens with two attached hydrogens (primary N) is 1. The van der Waals surface area contributed by atoms with Gasteiger partial charge in [-0.25, -0.2) is 13.1 Å². The Balaban J connectivity index is 2.00. The van der Waals surface area contributed by atoms with Gasteiger partial charge in [-0.2, -0.15) is 0 Å². The van der Waals surface area contributed by atoms with E-state index in [1.54, 1.807) is 0 Å². The van der Waals surface area contributed by atoms with Crippen molar-refractivity contribution in [2.45, 2.75) is 23.8 Å². The van der Waals surface area contributed by atoms with E-state index in [1.165, 1.54) is 24.3 Å². The van der Waals surface area contributed by atoms with Gasteiger partial charge < -0.3 is 5.73 Å². The number of benzene rings is 1. The van der Waals surface area contributed by atoms with Gasteiger partial charge in [-0.15, -0.1) is 0 Å². The zero-order valence-corrected chi connectivity index (χ0v) is 11.0. The minimum Gasteiger partial charge on any atom is -0.328 e. The average molecular weight is 285 g/mol. The highest BCUT2D eigenvalue weighted by atomic mass is 32.2. The Bertz CT molecular complexity index is 564. The monoisotopic (exact) mass is 285 g/mol. The number of nitro groups is 1. The molecule has 0 saturated heterocycles. The predicted octanol–water partition coefficient (Wildman–Crippen LogP) is 0.610. The van der Waals surface area contributed by atoms with Gasteiger partial charge in [-0.05, 0) is 30.9 Å². The van der Waals surface area contributed by atoms with Crippen LogP contribution in [-0.4, -0.2) is 25.9 Å². The van der Waals surface area contributed by atoms with Crippen LogP contribution in [0.4, 0.5) is 5.69 Å². The molecular formula is C11H15N3O4S. The van der Waals surface area contributed by atoms with Crippen LogP contribution in [-0.2, 0) is 10.0 Å². The lowest BCUT2D eigenvalue weighted by molar-refractivity contribution is -0.384. The number of hydrogen-bond donors (Lipinski definition) is 2. The quantitative estimate of drug-likeness (QED) is 0.607. The Morgan fingerprint density at radius 2 is 1.89 bits per heavy atom. The summed E-state index contributed by atoms with van der Waals surface area (Å²) in [5, 5.41) is 10.5. The van der Waals surface area contributed by atoms with Crippen molar-refractivity contribution in [1.29, 1.82) is 0 Å². The summed E-state index contributed by atoms with van der Waals surface area (Å²) >= 11 is 0. The molecule has 19 heavy (non-hydrogen) atoms. The minimum atomic E-state index is -3.60. The molecule has 1 aromatic carbocycles. The summed E-state index contributed by atoms with van der Waals surface area (Å²) in [6.07, 6.45) is 1.64. The van der Waals surface area contributed by atoms with Crippen LogP contribution >= 0.6 is 0 Å². The summed E-state index contributed by atoms with van der Waals surface area (Å²) in [5.74, 6) is 0.280. The van der Waals surface area contributed by atoms with E-state index in [0.717, 1.165) is 12.8 Å². The van der Waals surface area contributed by atoms with Crippen molar-refractivity contribution in [2.75, 3.05) is 6.54 Å². The third-order valence-electron chi connectivity index (χ3n) is 3.19. The van der Waals surface area contributed by atoms with Gasteiger partial charge in [0, 0.05) is 24.7 Å². The maximum atomic E-state index is 11.9. The van der Waals surface area contributed by atoms with Crippen molar-refractivity contribution in [3.8, 4) is 0 Å². The minimum absolute atomic E-state index is 0.0294. The van der Waals surface area contributed by atoms with E-state index >= 15 is 0 Å². The van der Waals surface area contributed by atoms with Gasteiger partial charge in [0.05, 0.1) is 9.82 Å². The molecular weight excluding hydrogens is 270 g/mol. The first-order chi connectivity index (χ1) is 8.88. The number of nitrogens with zero attached hydrogens (tertiary/aromatic N) is 1. The predicted molar refractivity (Wildman–Crippen MR) is 69.0 cm³/mol. The molecule has 8 heteroatoms. The molecule has 1 saturated carbocycles. The maximum Gasteiger partial charge on any atom is 0.269 e. The lowest BCUT2D eigenvalue weighted by atomic mass is 9.81. The van der Waals surface area contributed by atoms with Crippen molar-refractivity contribution in [3.05, 3.63) is 34.4 Å². The molecule has 0 atom stereocenters. The van der Waals surface area contributed by atoms with Crippen LogP contribution in [0.3, 0.4) is 0 Å². The van der Waals surface area contributed by atoms with Crippen molar-refractivity contribution in [3.63, 3.8) is 0 Å². The van der Waals surface area contributed by atoms with Crippen LogP contribution in [0.2, 0.25) is 0 Å². The molecule has 2 rings (SSSR count). The topological polar surface area (TPSA) is 115 Å². The van der Waals surface area contributed by atoms with Gasteiger partial charge in [0.2, 0.25) is 10.0 Å². The van der Waals surface area contributed by atoms with Gasteiger partial charge in [-0.3, -0.25) is 10.1 Å². The fraction of sp³-hybridized carbons (Fsp3) is 0.455. The smallest absolute Gasteiger partial charge is 0.269 e. The first-order valence-corrected chi connectivity index (χ1v) is 7.36. The SMILES string of the molecule is NC1CC(CNS(=O)(=O)c2ccc([N+](=O)[O-])cc2)C1. The third-order valence-corrected chi connectivity index (χ3v) is 4.63. The summed E-state index contributed by atoms with van der Waals surface area (Å²) in [6.45, 7) is 0.354. The highest BCUT2D eigenvalue weighted by Gasteiger charge is 2.27. The van der Waals surface area contributed by atoms with Crippen LogP contribution in [0.1, 0.15) is 12.8 Å². The van der Waals surface area contributed by atoms with Gasteiger partial charge in [0.25, 0.3) is 5.69 Å². The molecule has 0 heterocycles. The summed E-state index contributed by atoms with van der Waals surface area (Å²) in [4.78, 5) is 9.94. The number of non-ortho nitro benzene ring substituents is 1. The molecule has 7 nitrogen and oxygen atoms in total. The molecule has 0 spiro atoms. The molecule has 0 aliphatic heterocycles. The summed E-state index contributed by atoms with van der Waals surface area (Å²) in [7, 11) is -3.60. The molecule has 0 amide bonds. The largest absolute Gasteiger partial charge is 0.328 e. The second kappa shape index (κ2) is 5.24. The second-order valence-electron chi connectivity index (χ2n) is 4.70. The highest BCUT2D eigenvalue weighted by molar-refractivity contribution is 7.89. The van der Waals surface area contributed by atoms with Gasteiger partial charge in [0.15, 0.2) is 0 Å². The van der Waals surface area contributed by atoms with E-state index in [4.69, 9.17) is 5.73 Å². The van der Waals surface area contributed by atoms with Crippen molar-refractivity contribution < 1.29 is 13.3 Å². The van der Waals surface area contributed by atoms with Crippen LogP contribution < -0.4 is 10.5 Å². The summed E-state index contributed by atoms with van der Waals surface area (Å²) in [5.41, 5.74) is 5.49. The van der Waals surface area contributed by atoms with E-state index in [-0.39, 0.29) is 22.5 Å². The average Bonchev–Trinajstić information content (AvgIpc) is 2.33. The lowest BCUT2D eigenvalue weighted by Crippen LogP contribution is -2.42. The first kappa shape index (κ1) is 13.9. The molecule has 0 unspecified atom stereocenters. The molecule has 0 bridgehead atoms. The number of nitrogens with one attached hydrogen (secondary N) is 1. The van der Waals surface area contributed by atoms with Crippen molar-refractivity contribution in [2.24, 2.45) is 11.7 Å². The van der Waals surface area contributed by atoms with Crippen LogP contribution in [0, 0.1) is 16.0 Å². The molecule has 1 aliphatic carbocycles. The number of hydrogen-bond acceptors (Lipinski definition) is 5. The number of sulfonamides is 1. The van der Waals surface area contributed by atoms with E-state index in [0.29, 0.717) is 6.54 Å². The molecule has 0 aromatic heterocycles. The molecule has 1 fully saturated rings. The Morgan fingerprint density at radius 3 is 2.37 bits per heavy atom.